The van der Waals surface area contributed by atoms with Gasteiger partial charge in [0.05, 0.1) is 5.92 Å². The van der Waals surface area contributed by atoms with Gasteiger partial charge in [-0.3, -0.25) is 0 Å². The fourth-order valence-corrected chi connectivity index (χ4v) is 0.875. The Kier molecular flexibility index (Phi) is 3.50. The average Bonchev–Trinajstić information content (AvgIpc) is 2.16. The molecule has 5 nitrogen and oxygen atoms in total. The summed E-state index contributed by atoms with van der Waals surface area (Å²) in [5.41, 5.74) is 0.346. The summed E-state index contributed by atoms with van der Waals surface area (Å²) in [5.74, 6) is -0.530. The van der Waals surface area contributed by atoms with E-state index in [0.29, 0.717) is 5.57 Å². The summed E-state index contributed by atoms with van der Waals surface area (Å²) >= 11 is 0. The third-order valence-electron chi connectivity index (χ3n) is 1.67. The highest BCUT2D eigenvalue weighted by molar-refractivity contribution is 5.86. The van der Waals surface area contributed by atoms with Crippen LogP contribution >= 0.6 is 0 Å². The van der Waals surface area contributed by atoms with E-state index in [1.165, 1.54) is 0 Å². The standard InChI is InChI=1S/C9H12O5/c1-6(2)8(10)12-3-7-4-13-9(11)14-5-7/h7H,1,3-5H2,2H3. The minimum Gasteiger partial charge on any atom is -0.462 e. The highest BCUT2D eigenvalue weighted by Crippen LogP contribution is 2.08. The molecule has 78 valence electrons. The molecule has 5 heteroatoms. The maximum Gasteiger partial charge on any atom is 0.508 e. The quantitative estimate of drug-likeness (QED) is 0.500. The van der Waals surface area contributed by atoms with E-state index >= 15 is 0 Å². The van der Waals surface area contributed by atoms with Crippen LogP contribution < -0.4 is 0 Å². The minimum absolute atomic E-state index is 0.0870. The highest BCUT2D eigenvalue weighted by Gasteiger charge is 2.22. The smallest absolute Gasteiger partial charge is 0.462 e. The summed E-state index contributed by atoms with van der Waals surface area (Å²) in [7, 11) is 0. The Morgan fingerprint density at radius 1 is 1.57 bits per heavy atom. The van der Waals surface area contributed by atoms with Crippen molar-refractivity contribution in [1.82, 2.24) is 0 Å². The summed E-state index contributed by atoms with van der Waals surface area (Å²) in [6.07, 6.45) is -0.674. The molecule has 0 N–H and O–H groups in total. The minimum atomic E-state index is -0.674. The Morgan fingerprint density at radius 2 is 2.14 bits per heavy atom. The fourth-order valence-electron chi connectivity index (χ4n) is 0.875. The van der Waals surface area contributed by atoms with Crippen molar-refractivity contribution >= 4 is 12.1 Å². The lowest BCUT2D eigenvalue weighted by Crippen LogP contribution is -2.31. The normalized spacial score (nSPS) is 16.8. The first-order valence-electron chi connectivity index (χ1n) is 4.21. The van der Waals surface area contributed by atoms with Crippen LogP contribution in [-0.4, -0.2) is 31.9 Å². The second-order valence-corrected chi connectivity index (χ2v) is 3.12. The van der Waals surface area contributed by atoms with E-state index in [4.69, 9.17) is 4.74 Å². The largest absolute Gasteiger partial charge is 0.508 e. The lowest BCUT2D eigenvalue weighted by Gasteiger charge is -2.21. The molecule has 0 bridgehead atoms. The van der Waals surface area contributed by atoms with Gasteiger partial charge in [-0.15, -0.1) is 0 Å². The van der Waals surface area contributed by atoms with Crippen LogP contribution in [0.2, 0.25) is 0 Å². The second kappa shape index (κ2) is 4.64. The van der Waals surface area contributed by atoms with Crippen molar-refractivity contribution in [2.75, 3.05) is 19.8 Å². The van der Waals surface area contributed by atoms with Crippen molar-refractivity contribution in [3.8, 4) is 0 Å². The van der Waals surface area contributed by atoms with Crippen LogP contribution in [0, 0.1) is 5.92 Å². The molecule has 0 spiro atoms. The zero-order valence-electron chi connectivity index (χ0n) is 7.95. The third kappa shape index (κ3) is 3.08. The molecule has 0 aliphatic carbocycles. The van der Waals surface area contributed by atoms with E-state index in [1.807, 2.05) is 0 Å². The Bertz CT molecular complexity index is 248. The van der Waals surface area contributed by atoms with Gasteiger partial charge in [0.1, 0.15) is 19.8 Å². The Hall–Kier alpha value is -1.52. The van der Waals surface area contributed by atoms with Gasteiger partial charge in [0.15, 0.2) is 0 Å². The van der Waals surface area contributed by atoms with Crippen LogP contribution in [0.3, 0.4) is 0 Å². The summed E-state index contributed by atoms with van der Waals surface area (Å²) in [4.78, 5) is 21.5. The molecule has 0 unspecified atom stereocenters. The van der Waals surface area contributed by atoms with E-state index in [0.717, 1.165) is 0 Å². The number of hydrogen-bond acceptors (Lipinski definition) is 5. The van der Waals surface area contributed by atoms with Crippen molar-refractivity contribution in [1.29, 1.82) is 0 Å². The summed E-state index contributed by atoms with van der Waals surface area (Å²) in [6.45, 7) is 5.64. The Balaban J connectivity index is 2.22. The Morgan fingerprint density at radius 3 is 2.64 bits per heavy atom. The number of cyclic esters (lactones) is 2. The lowest BCUT2D eigenvalue weighted by atomic mass is 10.2. The highest BCUT2D eigenvalue weighted by atomic mass is 16.7. The molecule has 0 saturated carbocycles. The molecule has 0 aromatic heterocycles. The van der Waals surface area contributed by atoms with Gasteiger partial charge >= 0.3 is 12.1 Å². The van der Waals surface area contributed by atoms with Crippen LogP contribution in [0.1, 0.15) is 6.92 Å². The van der Waals surface area contributed by atoms with Crippen LogP contribution in [0.4, 0.5) is 4.79 Å². The van der Waals surface area contributed by atoms with Crippen molar-refractivity contribution in [2.24, 2.45) is 5.92 Å². The van der Waals surface area contributed by atoms with Crippen LogP contribution in [0.5, 0.6) is 0 Å². The van der Waals surface area contributed by atoms with Crippen molar-refractivity contribution in [3.63, 3.8) is 0 Å². The molecule has 0 aromatic rings. The molecule has 1 saturated heterocycles. The number of ether oxygens (including phenoxy) is 3. The van der Waals surface area contributed by atoms with Crippen molar-refractivity contribution in [2.45, 2.75) is 6.92 Å². The van der Waals surface area contributed by atoms with Gasteiger partial charge in [0.25, 0.3) is 0 Å². The van der Waals surface area contributed by atoms with E-state index in [9.17, 15) is 9.59 Å². The third-order valence-corrected chi connectivity index (χ3v) is 1.67. The lowest BCUT2D eigenvalue weighted by molar-refractivity contribution is -0.142. The molecule has 1 aliphatic heterocycles. The fraction of sp³-hybridized carbons (Fsp3) is 0.556. The summed E-state index contributed by atoms with van der Waals surface area (Å²) in [5, 5.41) is 0. The monoisotopic (exact) mass is 200 g/mol. The first kappa shape index (κ1) is 10.6. The van der Waals surface area contributed by atoms with E-state index in [2.05, 4.69) is 16.1 Å². The van der Waals surface area contributed by atoms with Gasteiger partial charge in [0, 0.05) is 5.57 Å². The van der Waals surface area contributed by atoms with Crippen LogP contribution in [0.25, 0.3) is 0 Å². The first-order chi connectivity index (χ1) is 6.59. The van der Waals surface area contributed by atoms with Gasteiger partial charge in [-0.2, -0.15) is 0 Å². The molecule has 0 amide bonds. The molecule has 1 rings (SSSR count). The zero-order chi connectivity index (χ0) is 10.6. The molecule has 1 fully saturated rings. The van der Waals surface area contributed by atoms with Gasteiger partial charge in [-0.1, -0.05) is 6.58 Å². The number of carbonyl (C=O) groups excluding carboxylic acids is 2. The van der Waals surface area contributed by atoms with Gasteiger partial charge in [-0.25, -0.2) is 9.59 Å². The molecular weight excluding hydrogens is 188 g/mol. The Labute approximate surface area is 81.6 Å². The van der Waals surface area contributed by atoms with Crippen LogP contribution in [0.15, 0.2) is 12.2 Å². The van der Waals surface area contributed by atoms with E-state index < -0.39 is 12.1 Å². The SMILES string of the molecule is C=C(C)C(=O)OCC1COC(=O)OC1. The molecule has 14 heavy (non-hydrogen) atoms. The van der Waals surface area contributed by atoms with Crippen molar-refractivity contribution in [3.05, 3.63) is 12.2 Å². The van der Waals surface area contributed by atoms with Gasteiger partial charge < -0.3 is 14.2 Å². The molecule has 0 aromatic carbocycles. The summed E-state index contributed by atoms with van der Waals surface area (Å²) in [6, 6.07) is 0. The first-order valence-corrected chi connectivity index (χ1v) is 4.21. The van der Waals surface area contributed by atoms with E-state index in [1.54, 1.807) is 6.92 Å². The van der Waals surface area contributed by atoms with Crippen LogP contribution in [-0.2, 0) is 19.0 Å². The second-order valence-electron chi connectivity index (χ2n) is 3.12. The number of rotatable bonds is 3. The maximum absolute atomic E-state index is 11.0. The molecule has 1 heterocycles. The van der Waals surface area contributed by atoms with Gasteiger partial charge in [0.2, 0.25) is 0 Å². The maximum atomic E-state index is 11.0. The topological polar surface area (TPSA) is 61.8 Å². The zero-order valence-corrected chi connectivity index (χ0v) is 7.95. The van der Waals surface area contributed by atoms with Crippen molar-refractivity contribution < 1.29 is 23.8 Å². The average molecular weight is 200 g/mol. The molecule has 0 atom stereocenters. The predicted octanol–water partition coefficient (Wildman–Crippen LogP) is 0.889. The van der Waals surface area contributed by atoms with Gasteiger partial charge in [-0.05, 0) is 6.92 Å². The summed E-state index contributed by atoms with van der Waals surface area (Å²) < 4.78 is 14.1. The number of hydrogen-bond donors (Lipinski definition) is 0. The number of carbonyl (C=O) groups is 2. The predicted molar refractivity (Wildman–Crippen MR) is 46.6 cm³/mol. The molecule has 1 aliphatic rings. The molecule has 0 radical (unpaired) electrons. The molecular formula is C9H12O5. The van der Waals surface area contributed by atoms with E-state index in [-0.39, 0.29) is 25.7 Å². The number of esters is 1.